The zero-order chi connectivity index (χ0) is 0. The fourth-order valence-corrected chi connectivity index (χ4v) is 0. The molecule has 0 atom stereocenters. The maximum atomic E-state index is 0. The van der Waals surface area contributed by atoms with Crippen LogP contribution in [0.15, 0.2) is 0 Å². The summed E-state index contributed by atoms with van der Waals surface area (Å²) >= 11 is 0. The molecule has 0 aliphatic carbocycles. The molecular formula is H10CuGeSSeSnZn. The molecule has 0 spiro atoms. The Morgan fingerprint density at radius 1 is 1.00 bits per heavy atom. The number of hydrogen-bond donors (Lipinski definition) is 0. The van der Waals surface area contributed by atoms with Crippen LogP contribution in [0.1, 0.15) is 0 Å². The van der Waals surface area contributed by atoms with Crippen molar-refractivity contribution in [1.82, 2.24) is 0 Å². The van der Waals surface area contributed by atoms with Gasteiger partial charge in [0.25, 0.3) is 0 Å². The van der Waals surface area contributed by atoms with Crippen molar-refractivity contribution < 1.29 is 36.5 Å². The van der Waals surface area contributed by atoms with E-state index < -0.39 is 0 Å². The molecule has 0 unspecified atom stereocenters. The first-order valence-corrected chi connectivity index (χ1v) is 0. The maximum Gasteiger partial charge on any atom is 0 e. The van der Waals surface area contributed by atoms with Crippen LogP contribution in [-0.2, 0) is 36.5 Å². The minimum Gasteiger partial charge on any atom is 0 e. The van der Waals surface area contributed by atoms with Gasteiger partial charge in [-0.15, -0.1) is 0 Å². The van der Waals surface area contributed by atoms with Crippen molar-refractivity contribution in [3.05, 3.63) is 0 Å². The maximum absolute atomic E-state index is 0. The average molecular weight is 441 g/mol. The van der Waals surface area contributed by atoms with Gasteiger partial charge in [-0.25, -0.2) is 0 Å². The molecule has 3 radical (unpaired) electrons. The summed E-state index contributed by atoms with van der Waals surface area (Å²) in [6.45, 7) is 0. The van der Waals surface area contributed by atoms with E-state index in [9.17, 15) is 0 Å². The predicted octanol–water partition coefficient (Wildman–Crippen LogP) is -3.18. The second-order valence-corrected chi connectivity index (χ2v) is 0. The Morgan fingerprint density at radius 2 is 1.00 bits per heavy atom. The fraction of sp³-hybridized carbons (Fsp3) is 0. The van der Waals surface area contributed by atoms with Crippen molar-refractivity contribution in [2.24, 2.45) is 0 Å². The third-order valence-corrected chi connectivity index (χ3v) is 0. The molecule has 6 heteroatoms. The summed E-state index contributed by atoms with van der Waals surface area (Å²) < 4.78 is 0. The average Bonchev–Trinajstić information content (AvgIpc) is 0. The van der Waals surface area contributed by atoms with Crippen molar-refractivity contribution in [3.8, 4) is 0 Å². The van der Waals surface area contributed by atoms with Gasteiger partial charge in [-0.3, -0.25) is 0 Å². The smallest absolute Gasteiger partial charge is 0 e. The van der Waals surface area contributed by atoms with Gasteiger partial charge in [0.15, 0.2) is 0 Å². The SMILES string of the molecule is S.[Cu].[GeH4].[SeH2].[SnH2].[Zn]. The quantitative estimate of drug-likeness (QED) is 0.348. The predicted molar refractivity (Wildman–Crippen MR) is 38.8 cm³/mol. The van der Waals surface area contributed by atoms with E-state index in [2.05, 4.69) is 0 Å². The molecule has 0 aromatic carbocycles. The largest absolute Gasteiger partial charge is 0 e. The number of rotatable bonds is 0. The second-order valence-electron chi connectivity index (χ2n) is 0. The summed E-state index contributed by atoms with van der Waals surface area (Å²) in [7, 11) is 0. The first kappa shape index (κ1) is 58.0. The van der Waals surface area contributed by atoms with Gasteiger partial charge in [-0.05, 0) is 0 Å². The van der Waals surface area contributed by atoms with Crippen LogP contribution in [-0.4, -0.2) is 58.6 Å². The number of hydrogen-bond acceptors (Lipinski definition) is 0. The van der Waals surface area contributed by atoms with E-state index in [0.717, 1.165) is 0 Å². The van der Waals surface area contributed by atoms with E-state index in [4.69, 9.17) is 0 Å². The van der Waals surface area contributed by atoms with Crippen molar-refractivity contribution in [2.75, 3.05) is 0 Å². The van der Waals surface area contributed by atoms with Crippen LogP contribution in [0.2, 0.25) is 0 Å². The summed E-state index contributed by atoms with van der Waals surface area (Å²) in [5.41, 5.74) is 0. The zero-order valence-corrected chi connectivity index (χ0v) is 13.8. The van der Waals surface area contributed by atoms with Crippen LogP contribution in [0, 0.1) is 0 Å². The van der Waals surface area contributed by atoms with E-state index >= 15 is 0 Å². The molecule has 0 heterocycles. The van der Waals surface area contributed by atoms with Gasteiger partial charge < -0.3 is 0 Å². The van der Waals surface area contributed by atoms with E-state index in [1.54, 1.807) is 0 Å². The summed E-state index contributed by atoms with van der Waals surface area (Å²) in [4.78, 5) is 0. The van der Waals surface area contributed by atoms with Gasteiger partial charge in [0, 0.05) is 36.5 Å². The molecule has 0 amide bonds. The summed E-state index contributed by atoms with van der Waals surface area (Å²) in [5.74, 6) is 0. The van der Waals surface area contributed by atoms with Crippen LogP contribution in [0.5, 0.6) is 0 Å². The third kappa shape index (κ3) is 26.4. The molecule has 0 aromatic heterocycles. The Morgan fingerprint density at radius 3 is 1.00 bits per heavy atom. The van der Waals surface area contributed by atoms with Gasteiger partial charge >= 0.3 is 58.6 Å². The first-order chi connectivity index (χ1) is 0. The zero-order valence-electron chi connectivity index (χ0n) is 2.72. The molecule has 6 heavy (non-hydrogen) atoms. The molecule has 0 saturated heterocycles. The molecule has 0 aromatic rings. The Hall–Kier alpha value is 3.35. The first-order valence-electron chi connectivity index (χ1n) is 0. The van der Waals surface area contributed by atoms with E-state index in [0.29, 0.717) is 0 Å². The van der Waals surface area contributed by atoms with Gasteiger partial charge in [-0.1, -0.05) is 0 Å². The summed E-state index contributed by atoms with van der Waals surface area (Å²) in [6.07, 6.45) is 0. The second kappa shape index (κ2) is 40.2. The Balaban J connectivity index is 0. The molecule has 0 rings (SSSR count). The molecule has 0 bridgehead atoms. The molecule has 0 aliphatic heterocycles. The van der Waals surface area contributed by atoms with Crippen LogP contribution in [0.25, 0.3) is 0 Å². The minimum absolute atomic E-state index is 0. The molecular weight excluding hydrogens is 431 g/mol. The molecule has 0 aliphatic rings. The van der Waals surface area contributed by atoms with Gasteiger partial charge in [0.1, 0.15) is 0 Å². The van der Waals surface area contributed by atoms with Gasteiger partial charge in [0.2, 0.25) is 0 Å². The van der Waals surface area contributed by atoms with Crippen molar-refractivity contribution >= 4 is 72.1 Å². The molecule has 0 saturated carbocycles. The Kier molecular flexibility index (Phi) is 388. The van der Waals surface area contributed by atoms with Crippen LogP contribution >= 0.6 is 13.5 Å². The van der Waals surface area contributed by atoms with Gasteiger partial charge in [-0.2, -0.15) is 13.5 Å². The van der Waals surface area contributed by atoms with E-state index in [1.165, 1.54) is 0 Å². The molecule has 43 valence electrons. The molecule has 0 N–H and O–H groups in total. The summed E-state index contributed by atoms with van der Waals surface area (Å²) in [5, 5.41) is 0. The van der Waals surface area contributed by atoms with Gasteiger partial charge in [0.05, 0.1) is 0 Å². The van der Waals surface area contributed by atoms with Crippen LogP contribution in [0.4, 0.5) is 0 Å². The standard InChI is InChI=1S/Cu.GeH4.H2S.H2Se.Sn.Zn.2H/h;1H4;2*1H2;;;;. The van der Waals surface area contributed by atoms with Crippen LogP contribution in [0.3, 0.4) is 0 Å². The minimum atomic E-state index is 0. The Bertz CT molecular complexity index is 15.5. The van der Waals surface area contributed by atoms with E-state index in [1.807, 2.05) is 0 Å². The normalized spacial score (nSPS) is 0. The summed E-state index contributed by atoms with van der Waals surface area (Å²) in [6, 6.07) is 0. The molecule has 0 nitrogen and oxygen atoms in total. The Labute approximate surface area is 107 Å². The third-order valence-electron chi connectivity index (χ3n) is 0. The van der Waals surface area contributed by atoms with E-state index in [-0.39, 0.29) is 109 Å². The van der Waals surface area contributed by atoms with Crippen molar-refractivity contribution in [2.45, 2.75) is 0 Å². The fourth-order valence-electron chi connectivity index (χ4n) is 0. The topological polar surface area (TPSA) is 0 Å². The molecule has 0 fully saturated rings. The van der Waals surface area contributed by atoms with Crippen LogP contribution < -0.4 is 0 Å². The monoisotopic (exact) mass is 443 g/mol. The van der Waals surface area contributed by atoms with Crippen molar-refractivity contribution in [3.63, 3.8) is 0 Å². The van der Waals surface area contributed by atoms with Crippen molar-refractivity contribution in [1.29, 1.82) is 0 Å².